The fraction of sp³-hybridized carbons (Fsp3) is 0.0154. The monoisotopic (exact) mass is 897 g/mol. The van der Waals surface area contributed by atoms with Crippen LogP contribution in [0.5, 0.6) is 0 Å². The van der Waals surface area contributed by atoms with Gasteiger partial charge in [0.2, 0.25) is 0 Å². The van der Waals surface area contributed by atoms with Gasteiger partial charge >= 0.3 is 0 Å². The van der Waals surface area contributed by atoms with Crippen LogP contribution in [0.4, 0.5) is 34.1 Å². The third-order valence-corrected chi connectivity index (χ3v) is 15.5. The lowest BCUT2D eigenvalue weighted by Crippen LogP contribution is -2.32. The molecule has 0 fully saturated rings. The quantitative estimate of drug-likeness (QED) is 0.158. The van der Waals surface area contributed by atoms with E-state index in [0.29, 0.717) is 0 Å². The third kappa shape index (κ3) is 5.95. The van der Waals surface area contributed by atoms with Crippen LogP contribution in [0.1, 0.15) is 22.3 Å². The zero-order valence-electron chi connectivity index (χ0n) is 37.6. The van der Waals surface area contributed by atoms with E-state index in [1.165, 1.54) is 70.2 Å². The molecule has 2 heterocycles. The molecule has 0 saturated carbocycles. The summed E-state index contributed by atoms with van der Waals surface area (Å²) in [4.78, 5) is 7.35. The molecule has 12 aromatic rings. The molecule has 14 rings (SSSR count). The molecule has 2 aliphatic rings. The van der Waals surface area contributed by atoms with E-state index in [9.17, 15) is 0 Å². The molecule has 3 nitrogen and oxygen atoms in total. The summed E-state index contributed by atoms with van der Waals surface area (Å²) in [5.41, 5.74) is 17.4. The summed E-state index contributed by atoms with van der Waals surface area (Å²) in [7, 11) is 0. The van der Waals surface area contributed by atoms with Gasteiger partial charge in [-0.05, 0) is 130 Å². The van der Waals surface area contributed by atoms with Crippen LogP contribution in [-0.2, 0) is 5.41 Å². The molecule has 0 atom stereocenters. The summed E-state index contributed by atoms with van der Waals surface area (Å²) >= 11 is 1.90. The average Bonchev–Trinajstić information content (AvgIpc) is 3.90. The third-order valence-electron chi connectivity index (χ3n) is 14.4. The molecule has 1 aromatic heterocycles. The molecular weight excluding hydrogens is 855 g/mol. The van der Waals surface area contributed by atoms with Crippen LogP contribution >= 0.6 is 11.8 Å². The van der Waals surface area contributed by atoms with E-state index in [1.54, 1.807) is 0 Å². The van der Waals surface area contributed by atoms with Crippen molar-refractivity contribution in [3.05, 3.63) is 283 Å². The number of benzene rings is 11. The predicted octanol–water partition coefficient (Wildman–Crippen LogP) is 17.7. The minimum absolute atomic E-state index is 0.596. The highest BCUT2D eigenvalue weighted by molar-refractivity contribution is 7.99. The second kappa shape index (κ2) is 15.8. The Morgan fingerprint density at radius 2 is 0.855 bits per heavy atom. The van der Waals surface area contributed by atoms with Crippen LogP contribution in [0.3, 0.4) is 0 Å². The maximum atomic E-state index is 2.57. The van der Waals surface area contributed by atoms with Gasteiger partial charge in [0.25, 0.3) is 0 Å². The van der Waals surface area contributed by atoms with Gasteiger partial charge in [0.1, 0.15) is 0 Å². The zero-order valence-corrected chi connectivity index (χ0v) is 38.4. The first-order chi connectivity index (χ1) is 34.3. The number of nitrogens with zero attached hydrogens (tertiary/aromatic N) is 3. The van der Waals surface area contributed by atoms with E-state index >= 15 is 0 Å². The molecule has 1 aliphatic heterocycles. The van der Waals surface area contributed by atoms with Crippen LogP contribution in [0, 0.1) is 0 Å². The molecule has 69 heavy (non-hydrogen) atoms. The molecule has 1 spiro atoms. The number of anilines is 6. The zero-order chi connectivity index (χ0) is 45.5. The van der Waals surface area contributed by atoms with Gasteiger partial charge in [-0.1, -0.05) is 182 Å². The molecule has 0 N–H and O–H groups in total. The first kappa shape index (κ1) is 39.6. The highest BCUT2D eigenvalue weighted by atomic mass is 32.2. The molecule has 4 heteroatoms. The van der Waals surface area contributed by atoms with Crippen LogP contribution < -0.4 is 9.80 Å². The Labute approximate surface area is 405 Å². The molecule has 0 bridgehead atoms. The summed E-state index contributed by atoms with van der Waals surface area (Å²) in [5, 5.41) is 4.85. The van der Waals surface area contributed by atoms with Crippen LogP contribution in [0.25, 0.3) is 49.4 Å². The van der Waals surface area contributed by atoms with Gasteiger partial charge in [-0.2, -0.15) is 0 Å². The Morgan fingerprint density at radius 3 is 1.52 bits per heavy atom. The largest absolute Gasteiger partial charge is 0.310 e. The van der Waals surface area contributed by atoms with E-state index in [0.717, 1.165) is 45.3 Å². The van der Waals surface area contributed by atoms with E-state index in [2.05, 4.69) is 275 Å². The normalized spacial score (nSPS) is 13.0. The summed E-state index contributed by atoms with van der Waals surface area (Å²) in [6, 6.07) is 96.1. The van der Waals surface area contributed by atoms with Crippen LogP contribution in [0.2, 0.25) is 0 Å². The second-order valence-electron chi connectivity index (χ2n) is 18.0. The van der Waals surface area contributed by atoms with Crippen molar-refractivity contribution in [1.82, 2.24) is 4.57 Å². The highest BCUT2D eigenvalue weighted by Gasteiger charge is 2.50. The first-order valence-electron chi connectivity index (χ1n) is 23.7. The topological polar surface area (TPSA) is 11.4 Å². The van der Waals surface area contributed by atoms with Crippen molar-refractivity contribution in [1.29, 1.82) is 0 Å². The van der Waals surface area contributed by atoms with Crippen LogP contribution in [0.15, 0.2) is 271 Å². The van der Waals surface area contributed by atoms with Gasteiger partial charge in [-0.15, -0.1) is 0 Å². The Hall–Kier alpha value is -8.57. The molecule has 1 aliphatic carbocycles. The maximum Gasteiger partial charge on any atom is 0.0735 e. The van der Waals surface area contributed by atoms with Gasteiger partial charge in [-0.25, -0.2) is 0 Å². The standard InChI is InChI=1S/C65H43N3S/c1-5-23-45(24-6-1)66(46-25-7-2-8-26-46)59-37-20-38-60-64(59)53-42-57-63(43-61(53)68(60)48-29-11-4-12-30-48)69-62-41-49(67(47-27-9-3-10-28-47)58-36-19-22-44-21-13-14-31-50(44)58)39-40-56(62)65(57)54-34-17-15-32-51(54)52-33-16-18-35-55(52)65/h1-43H. The number of hydrogen-bond donors (Lipinski definition) is 0. The Kier molecular flexibility index (Phi) is 9.05. The minimum atomic E-state index is -0.596. The van der Waals surface area contributed by atoms with E-state index in [-0.39, 0.29) is 0 Å². The number of hydrogen-bond acceptors (Lipinski definition) is 3. The number of fused-ring (bicyclic) bond motifs is 13. The van der Waals surface area contributed by atoms with Gasteiger partial charge in [0.05, 0.1) is 27.8 Å². The van der Waals surface area contributed by atoms with E-state index in [4.69, 9.17) is 0 Å². The Balaban J connectivity index is 1.08. The maximum absolute atomic E-state index is 2.57. The van der Waals surface area contributed by atoms with Gasteiger partial charge < -0.3 is 14.4 Å². The van der Waals surface area contributed by atoms with Gasteiger partial charge in [0, 0.05) is 54.4 Å². The summed E-state index contributed by atoms with van der Waals surface area (Å²) in [5.74, 6) is 0. The summed E-state index contributed by atoms with van der Waals surface area (Å²) in [6.07, 6.45) is 0. The van der Waals surface area contributed by atoms with Crippen molar-refractivity contribution in [3.8, 4) is 16.8 Å². The predicted molar refractivity (Wildman–Crippen MR) is 289 cm³/mol. The lowest BCUT2D eigenvalue weighted by atomic mass is 9.67. The number of para-hydroxylation sites is 4. The molecule has 0 saturated heterocycles. The second-order valence-corrected chi connectivity index (χ2v) is 19.1. The van der Waals surface area contributed by atoms with Crippen molar-refractivity contribution in [3.63, 3.8) is 0 Å². The SMILES string of the molecule is c1ccc(N(c2ccc3c(c2)Sc2cc4c(cc2C32c3ccccc3-c3ccccc32)c2c(N(c3ccccc3)c3ccccc3)cccc2n4-c2ccccc2)c2cccc3ccccc23)cc1. The smallest absolute Gasteiger partial charge is 0.0735 e. The lowest BCUT2D eigenvalue weighted by Gasteiger charge is -2.40. The van der Waals surface area contributed by atoms with Crippen molar-refractivity contribution in [2.75, 3.05) is 9.80 Å². The van der Waals surface area contributed by atoms with Gasteiger partial charge in [-0.3, -0.25) is 0 Å². The van der Waals surface area contributed by atoms with E-state index < -0.39 is 5.41 Å². The highest BCUT2D eigenvalue weighted by Crippen LogP contribution is 2.63. The summed E-state index contributed by atoms with van der Waals surface area (Å²) in [6.45, 7) is 0. The lowest BCUT2D eigenvalue weighted by molar-refractivity contribution is 0.724. The fourth-order valence-electron chi connectivity index (χ4n) is 11.6. The van der Waals surface area contributed by atoms with Gasteiger partial charge in [0.15, 0.2) is 0 Å². The molecule has 0 amide bonds. The van der Waals surface area contributed by atoms with Crippen LogP contribution in [-0.4, -0.2) is 4.57 Å². The summed E-state index contributed by atoms with van der Waals surface area (Å²) < 4.78 is 2.48. The Morgan fingerprint density at radius 1 is 0.333 bits per heavy atom. The van der Waals surface area contributed by atoms with Crippen molar-refractivity contribution in [2.45, 2.75) is 15.2 Å². The van der Waals surface area contributed by atoms with E-state index in [1.807, 2.05) is 11.8 Å². The number of rotatable bonds is 7. The molecule has 0 unspecified atom stereocenters. The fourth-order valence-corrected chi connectivity index (χ4v) is 12.8. The van der Waals surface area contributed by atoms with Crippen molar-refractivity contribution >= 4 is 78.5 Å². The molecule has 11 aromatic carbocycles. The van der Waals surface area contributed by atoms with Crippen molar-refractivity contribution < 1.29 is 0 Å². The molecular formula is C65H43N3S. The Bertz CT molecular complexity index is 3850. The molecule has 324 valence electrons. The van der Waals surface area contributed by atoms with Crippen molar-refractivity contribution in [2.24, 2.45) is 0 Å². The average molecular weight is 898 g/mol. The molecule has 0 radical (unpaired) electrons. The number of aromatic nitrogens is 1. The first-order valence-corrected chi connectivity index (χ1v) is 24.5. The minimum Gasteiger partial charge on any atom is -0.310 e.